The molecule has 23 heavy (non-hydrogen) atoms. The summed E-state index contributed by atoms with van der Waals surface area (Å²) < 4.78 is 0. The van der Waals surface area contributed by atoms with Gasteiger partial charge in [0.2, 0.25) is 5.91 Å². The molecule has 1 aromatic carbocycles. The van der Waals surface area contributed by atoms with Crippen molar-refractivity contribution in [1.29, 1.82) is 5.26 Å². The third kappa shape index (κ3) is 4.57. The average molecular weight is 325 g/mol. The number of hydrogen-bond donors (Lipinski definition) is 0. The molecule has 1 aromatic heterocycles. The fraction of sp³-hybridized carbons (Fsp3) is 0.278. The van der Waals surface area contributed by atoms with Crippen molar-refractivity contribution in [3.8, 4) is 6.07 Å². The monoisotopic (exact) mass is 325 g/mol. The molecule has 2 aromatic rings. The first-order valence-corrected chi connectivity index (χ1v) is 8.29. The average Bonchev–Trinajstić information content (AvgIpc) is 2.53. The molecule has 0 N–H and O–H groups in total. The highest BCUT2D eigenvalue weighted by Gasteiger charge is 2.14. The number of nitriles is 1. The number of carbonyl (C=O) groups is 1. The molecule has 1 heterocycles. The topological polar surface area (TPSA) is 57.0 Å². The van der Waals surface area contributed by atoms with Crippen molar-refractivity contribution in [3.05, 3.63) is 58.8 Å². The van der Waals surface area contributed by atoms with E-state index in [-0.39, 0.29) is 11.7 Å². The fourth-order valence-electron chi connectivity index (χ4n) is 2.23. The molecular formula is C18H19N3OS. The molecule has 0 aliphatic heterocycles. The molecule has 1 amide bonds. The highest BCUT2D eigenvalue weighted by Crippen LogP contribution is 2.23. The number of thioether (sulfide) groups is 1. The van der Waals surface area contributed by atoms with Crippen molar-refractivity contribution in [1.82, 2.24) is 9.88 Å². The van der Waals surface area contributed by atoms with Gasteiger partial charge in [-0.25, -0.2) is 4.98 Å². The van der Waals surface area contributed by atoms with Gasteiger partial charge in [0.05, 0.1) is 11.3 Å². The Morgan fingerprint density at radius 2 is 2.00 bits per heavy atom. The number of nitrogens with zero attached hydrogens (tertiary/aromatic N) is 3. The second-order valence-corrected chi connectivity index (χ2v) is 6.36. The van der Waals surface area contributed by atoms with Crippen molar-refractivity contribution < 1.29 is 4.79 Å². The van der Waals surface area contributed by atoms with Crippen LogP contribution in [0.15, 0.2) is 41.4 Å². The van der Waals surface area contributed by atoms with Crippen molar-refractivity contribution in [2.45, 2.75) is 25.4 Å². The second-order valence-electron chi connectivity index (χ2n) is 5.40. The number of carbonyl (C=O) groups excluding carboxylic acids is 1. The number of pyridine rings is 1. The summed E-state index contributed by atoms with van der Waals surface area (Å²) in [4.78, 5) is 18.4. The highest BCUT2D eigenvalue weighted by atomic mass is 32.2. The molecule has 5 heteroatoms. The van der Waals surface area contributed by atoms with Crippen LogP contribution in [0.3, 0.4) is 0 Å². The SMILES string of the molecule is Cc1cc(C)c(C#N)c(SCC(=O)N(C)Cc2ccccc2)n1. The molecule has 0 fully saturated rings. The van der Waals surface area contributed by atoms with Gasteiger partial charge in [-0.15, -0.1) is 0 Å². The van der Waals surface area contributed by atoms with E-state index < -0.39 is 0 Å². The summed E-state index contributed by atoms with van der Waals surface area (Å²) >= 11 is 1.32. The van der Waals surface area contributed by atoms with Gasteiger partial charge in [0.15, 0.2) is 0 Å². The minimum Gasteiger partial charge on any atom is -0.341 e. The van der Waals surface area contributed by atoms with Gasteiger partial charge in [-0.05, 0) is 31.0 Å². The summed E-state index contributed by atoms with van der Waals surface area (Å²) in [6, 6.07) is 13.9. The number of hydrogen-bond acceptors (Lipinski definition) is 4. The molecule has 0 radical (unpaired) electrons. The van der Waals surface area contributed by atoms with E-state index in [4.69, 9.17) is 0 Å². The molecule has 2 rings (SSSR count). The Balaban J connectivity index is 2.01. The Hall–Kier alpha value is -2.32. The van der Waals surface area contributed by atoms with Crippen LogP contribution in [0.1, 0.15) is 22.4 Å². The van der Waals surface area contributed by atoms with Crippen molar-refractivity contribution in [2.24, 2.45) is 0 Å². The summed E-state index contributed by atoms with van der Waals surface area (Å²) in [5.74, 6) is 0.289. The van der Waals surface area contributed by atoms with E-state index in [1.807, 2.05) is 50.2 Å². The minimum atomic E-state index is 0.0173. The first-order valence-electron chi connectivity index (χ1n) is 7.30. The summed E-state index contributed by atoms with van der Waals surface area (Å²) in [5.41, 5.74) is 3.40. The molecule has 0 unspecified atom stereocenters. The van der Waals surface area contributed by atoms with Crippen molar-refractivity contribution >= 4 is 17.7 Å². The summed E-state index contributed by atoms with van der Waals surface area (Å²) in [6.07, 6.45) is 0. The predicted octanol–water partition coefficient (Wildman–Crippen LogP) is 3.32. The molecule has 0 aliphatic carbocycles. The number of aromatic nitrogens is 1. The lowest BCUT2D eigenvalue weighted by molar-refractivity contribution is -0.127. The molecule has 0 saturated carbocycles. The first kappa shape index (κ1) is 17.0. The third-order valence-corrected chi connectivity index (χ3v) is 4.40. The molecule has 0 bridgehead atoms. The number of aryl methyl sites for hydroxylation is 2. The van der Waals surface area contributed by atoms with E-state index in [0.717, 1.165) is 16.8 Å². The standard InChI is InChI=1S/C18H19N3OS/c1-13-9-14(2)20-18(16(13)10-19)23-12-17(22)21(3)11-15-7-5-4-6-8-15/h4-9H,11-12H2,1-3H3. The maximum atomic E-state index is 12.3. The zero-order valence-electron chi connectivity index (χ0n) is 13.5. The van der Waals surface area contributed by atoms with E-state index in [1.165, 1.54) is 11.8 Å². The maximum Gasteiger partial charge on any atom is 0.233 e. The molecule has 0 atom stereocenters. The summed E-state index contributed by atoms with van der Waals surface area (Å²) in [6.45, 7) is 4.35. The maximum absolute atomic E-state index is 12.3. The zero-order chi connectivity index (χ0) is 16.8. The van der Waals surface area contributed by atoms with Crippen molar-refractivity contribution in [2.75, 3.05) is 12.8 Å². The molecule has 4 nitrogen and oxygen atoms in total. The lowest BCUT2D eigenvalue weighted by Crippen LogP contribution is -2.27. The van der Waals surface area contributed by atoms with Crippen LogP contribution >= 0.6 is 11.8 Å². The third-order valence-electron chi connectivity index (χ3n) is 3.44. The Morgan fingerprint density at radius 3 is 2.65 bits per heavy atom. The highest BCUT2D eigenvalue weighted by molar-refractivity contribution is 8.00. The van der Waals surface area contributed by atoms with Gasteiger partial charge in [0, 0.05) is 19.3 Å². The molecule has 0 spiro atoms. The number of benzene rings is 1. The van der Waals surface area contributed by atoms with Crippen LogP contribution in [-0.2, 0) is 11.3 Å². The number of amides is 1. The van der Waals surface area contributed by atoms with Gasteiger partial charge in [-0.2, -0.15) is 5.26 Å². The van der Waals surface area contributed by atoms with E-state index in [2.05, 4.69) is 11.1 Å². The molecule has 0 saturated heterocycles. The molecular weight excluding hydrogens is 306 g/mol. The smallest absolute Gasteiger partial charge is 0.233 e. The van der Waals surface area contributed by atoms with E-state index in [9.17, 15) is 10.1 Å². The number of rotatable bonds is 5. The lowest BCUT2D eigenvalue weighted by Gasteiger charge is -2.17. The zero-order valence-corrected chi connectivity index (χ0v) is 14.4. The van der Waals surface area contributed by atoms with E-state index in [0.29, 0.717) is 17.1 Å². The van der Waals surface area contributed by atoms with E-state index in [1.54, 1.807) is 11.9 Å². The fourth-order valence-corrected chi connectivity index (χ4v) is 3.27. The normalized spacial score (nSPS) is 10.2. The van der Waals surface area contributed by atoms with Gasteiger partial charge in [-0.1, -0.05) is 42.1 Å². The van der Waals surface area contributed by atoms with Crippen LogP contribution in [0.5, 0.6) is 0 Å². The Morgan fingerprint density at radius 1 is 1.30 bits per heavy atom. The lowest BCUT2D eigenvalue weighted by atomic mass is 10.1. The molecule has 0 aliphatic rings. The Kier molecular flexibility index (Phi) is 5.78. The van der Waals surface area contributed by atoms with Crippen LogP contribution in [0.4, 0.5) is 0 Å². The Labute approximate surface area is 141 Å². The Bertz CT molecular complexity index is 738. The van der Waals surface area contributed by atoms with E-state index >= 15 is 0 Å². The van der Waals surface area contributed by atoms with Crippen LogP contribution in [0.2, 0.25) is 0 Å². The van der Waals surface area contributed by atoms with Crippen LogP contribution < -0.4 is 0 Å². The van der Waals surface area contributed by atoms with Crippen molar-refractivity contribution in [3.63, 3.8) is 0 Å². The second kappa shape index (κ2) is 7.80. The van der Waals surface area contributed by atoms with Gasteiger partial charge in [0.1, 0.15) is 11.1 Å². The van der Waals surface area contributed by atoms with Gasteiger partial charge < -0.3 is 4.90 Å². The summed E-state index contributed by atoms with van der Waals surface area (Å²) in [7, 11) is 1.79. The minimum absolute atomic E-state index is 0.0173. The van der Waals surface area contributed by atoms with Crippen LogP contribution in [-0.4, -0.2) is 28.6 Å². The first-order chi connectivity index (χ1) is 11.0. The predicted molar refractivity (Wildman–Crippen MR) is 92.1 cm³/mol. The van der Waals surface area contributed by atoms with Crippen LogP contribution in [0, 0.1) is 25.2 Å². The van der Waals surface area contributed by atoms with Gasteiger partial charge >= 0.3 is 0 Å². The largest absolute Gasteiger partial charge is 0.341 e. The van der Waals surface area contributed by atoms with Gasteiger partial charge in [-0.3, -0.25) is 4.79 Å². The van der Waals surface area contributed by atoms with Gasteiger partial charge in [0.25, 0.3) is 0 Å². The summed E-state index contributed by atoms with van der Waals surface area (Å²) in [5, 5.41) is 9.89. The quantitative estimate of drug-likeness (QED) is 0.791. The van der Waals surface area contributed by atoms with Crippen LogP contribution in [0.25, 0.3) is 0 Å². The molecule has 118 valence electrons.